The van der Waals surface area contributed by atoms with Gasteiger partial charge < -0.3 is 5.11 Å². The number of aromatic carboxylic acids is 1. The van der Waals surface area contributed by atoms with Crippen molar-refractivity contribution in [1.82, 2.24) is 14.6 Å². The predicted molar refractivity (Wildman–Crippen MR) is 77.8 cm³/mol. The minimum atomic E-state index is -1.05. The number of halogens is 1. The lowest BCUT2D eigenvalue weighted by Crippen LogP contribution is -2.05. The Kier molecular flexibility index (Phi) is 3.02. The molecule has 6 heteroatoms. The first kappa shape index (κ1) is 12.8. The standard InChI is InChI=1S/C14H10BrN3O2/c1-8-5-13-16-11(14(19)20)7-12(18(13)17-8)9-3-2-4-10(15)6-9/h2-7H,1H3,(H,19,20). The molecule has 20 heavy (non-hydrogen) atoms. The largest absolute Gasteiger partial charge is 0.477 e. The first-order valence-corrected chi connectivity index (χ1v) is 6.70. The Hall–Kier alpha value is -2.21. The average molecular weight is 332 g/mol. The zero-order chi connectivity index (χ0) is 14.3. The van der Waals surface area contributed by atoms with Crippen LogP contribution in [0.3, 0.4) is 0 Å². The van der Waals surface area contributed by atoms with E-state index in [4.69, 9.17) is 0 Å². The second-order valence-electron chi connectivity index (χ2n) is 4.40. The normalized spacial score (nSPS) is 10.9. The zero-order valence-electron chi connectivity index (χ0n) is 10.5. The van der Waals surface area contributed by atoms with Gasteiger partial charge in [0.15, 0.2) is 11.3 Å². The van der Waals surface area contributed by atoms with Gasteiger partial charge in [-0.15, -0.1) is 0 Å². The number of carbonyl (C=O) groups is 1. The van der Waals surface area contributed by atoms with Crippen molar-refractivity contribution in [2.45, 2.75) is 6.92 Å². The van der Waals surface area contributed by atoms with Crippen LogP contribution in [0.4, 0.5) is 0 Å². The van der Waals surface area contributed by atoms with Crippen molar-refractivity contribution in [3.05, 3.63) is 52.3 Å². The molecule has 5 nitrogen and oxygen atoms in total. The van der Waals surface area contributed by atoms with E-state index in [1.54, 1.807) is 10.6 Å². The summed E-state index contributed by atoms with van der Waals surface area (Å²) in [6.07, 6.45) is 0. The highest BCUT2D eigenvalue weighted by molar-refractivity contribution is 9.10. The summed E-state index contributed by atoms with van der Waals surface area (Å²) in [5.74, 6) is -1.05. The van der Waals surface area contributed by atoms with Crippen LogP contribution < -0.4 is 0 Å². The predicted octanol–water partition coefficient (Wildman–Crippen LogP) is 3.17. The Morgan fingerprint density at radius 1 is 1.30 bits per heavy atom. The first-order valence-electron chi connectivity index (χ1n) is 5.91. The Labute approximate surface area is 123 Å². The molecule has 0 atom stereocenters. The van der Waals surface area contributed by atoms with E-state index >= 15 is 0 Å². The lowest BCUT2D eigenvalue weighted by Gasteiger charge is -2.06. The highest BCUT2D eigenvalue weighted by Crippen LogP contribution is 2.24. The third kappa shape index (κ3) is 2.18. The molecule has 1 aromatic carbocycles. The number of hydrogen-bond donors (Lipinski definition) is 1. The van der Waals surface area contributed by atoms with E-state index in [1.807, 2.05) is 31.2 Å². The molecule has 0 bridgehead atoms. The fraction of sp³-hybridized carbons (Fsp3) is 0.0714. The van der Waals surface area contributed by atoms with Crippen LogP contribution in [0, 0.1) is 6.92 Å². The summed E-state index contributed by atoms with van der Waals surface area (Å²) in [7, 11) is 0. The van der Waals surface area contributed by atoms with Crippen molar-refractivity contribution in [2.24, 2.45) is 0 Å². The van der Waals surface area contributed by atoms with Gasteiger partial charge in [-0.3, -0.25) is 0 Å². The molecule has 0 unspecified atom stereocenters. The number of fused-ring (bicyclic) bond motifs is 1. The SMILES string of the molecule is Cc1cc2nc(C(=O)O)cc(-c3cccc(Br)c3)n2n1. The molecule has 0 spiro atoms. The van der Waals surface area contributed by atoms with Gasteiger partial charge in [-0.1, -0.05) is 28.1 Å². The van der Waals surface area contributed by atoms with Crippen LogP contribution in [0.25, 0.3) is 16.9 Å². The molecule has 3 aromatic rings. The highest BCUT2D eigenvalue weighted by atomic mass is 79.9. The minimum absolute atomic E-state index is 0.00683. The van der Waals surface area contributed by atoms with E-state index in [9.17, 15) is 9.90 Å². The van der Waals surface area contributed by atoms with Gasteiger partial charge in [-0.05, 0) is 25.1 Å². The Morgan fingerprint density at radius 2 is 2.10 bits per heavy atom. The van der Waals surface area contributed by atoms with E-state index in [0.29, 0.717) is 11.3 Å². The monoisotopic (exact) mass is 331 g/mol. The average Bonchev–Trinajstić information content (AvgIpc) is 2.77. The van der Waals surface area contributed by atoms with Crippen molar-refractivity contribution in [3.63, 3.8) is 0 Å². The van der Waals surface area contributed by atoms with Crippen LogP contribution in [-0.2, 0) is 0 Å². The van der Waals surface area contributed by atoms with E-state index < -0.39 is 5.97 Å². The molecule has 0 saturated heterocycles. The van der Waals surface area contributed by atoms with Crippen molar-refractivity contribution in [2.75, 3.05) is 0 Å². The van der Waals surface area contributed by atoms with E-state index in [1.165, 1.54) is 6.07 Å². The van der Waals surface area contributed by atoms with Gasteiger partial charge >= 0.3 is 5.97 Å². The fourth-order valence-corrected chi connectivity index (χ4v) is 2.45. The van der Waals surface area contributed by atoms with Crippen LogP contribution in [0.2, 0.25) is 0 Å². The quantitative estimate of drug-likeness (QED) is 0.783. The number of carboxylic acid groups (broad SMARTS) is 1. The second-order valence-corrected chi connectivity index (χ2v) is 5.31. The molecule has 3 rings (SSSR count). The topological polar surface area (TPSA) is 67.5 Å². The molecule has 0 fully saturated rings. The summed E-state index contributed by atoms with van der Waals surface area (Å²) in [5, 5.41) is 13.5. The molecule has 0 amide bonds. The number of hydrogen-bond acceptors (Lipinski definition) is 3. The number of rotatable bonds is 2. The molecule has 1 N–H and O–H groups in total. The molecule has 0 aliphatic carbocycles. The molecule has 100 valence electrons. The highest BCUT2D eigenvalue weighted by Gasteiger charge is 2.14. The molecular weight excluding hydrogens is 322 g/mol. The van der Waals surface area contributed by atoms with E-state index in [0.717, 1.165) is 15.7 Å². The molecule has 0 aliphatic heterocycles. The molecule has 2 heterocycles. The van der Waals surface area contributed by atoms with Crippen molar-refractivity contribution >= 4 is 27.5 Å². The summed E-state index contributed by atoms with van der Waals surface area (Å²) >= 11 is 3.41. The third-order valence-corrected chi connectivity index (χ3v) is 3.38. The lowest BCUT2D eigenvalue weighted by molar-refractivity contribution is 0.0690. The first-order chi connectivity index (χ1) is 9.54. The van der Waals surface area contributed by atoms with Crippen molar-refractivity contribution in [1.29, 1.82) is 0 Å². The van der Waals surface area contributed by atoms with Crippen molar-refractivity contribution < 1.29 is 9.90 Å². The van der Waals surface area contributed by atoms with Gasteiger partial charge in [0.1, 0.15) is 0 Å². The molecule has 2 aromatic heterocycles. The number of carboxylic acids is 1. The number of aryl methyl sites for hydroxylation is 1. The Morgan fingerprint density at radius 3 is 2.80 bits per heavy atom. The summed E-state index contributed by atoms with van der Waals surface area (Å²) in [5.41, 5.74) is 2.89. The number of benzene rings is 1. The minimum Gasteiger partial charge on any atom is -0.477 e. The van der Waals surface area contributed by atoms with Crippen LogP contribution in [0.1, 0.15) is 16.2 Å². The third-order valence-electron chi connectivity index (χ3n) is 2.89. The van der Waals surface area contributed by atoms with E-state index in [2.05, 4.69) is 26.0 Å². The number of nitrogens with zero attached hydrogens (tertiary/aromatic N) is 3. The summed E-state index contributed by atoms with van der Waals surface area (Å²) < 4.78 is 2.57. The summed E-state index contributed by atoms with van der Waals surface area (Å²) in [4.78, 5) is 15.3. The van der Waals surface area contributed by atoms with Crippen molar-refractivity contribution in [3.8, 4) is 11.3 Å². The number of aromatic nitrogens is 3. The van der Waals surface area contributed by atoms with E-state index in [-0.39, 0.29) is 5.69 Å². The Balaban J connectivity index is 2.35. The lowest BCUT2D eigenvalue weighted by atomic mass is 10.1. The smallest absolute Gasteiger partial charge is 0.354 e. The fourth-order valence-electron chi connectivity index (χ4n) is 2.05. The summed E-state index contributed by atoms with van der Waals surface area (Å²) in [6.45, 7) is 1.85. The van der Waals surface area contributed by atoms with Crippen LogP contribution in [0.15, 0.2) is 40.9 Å². The molecule has 0 aliphatic rings. The van der Waals surface area contributed by atoms with Gasteiger partial charge in [0, 0.05) is 16.1 Å². The molecule has 0 saturated carbocycles. The van der Waals surface area contributed by atoms with Gasteiger partial charge in [-0.2, -0.15) is 5.10 Å². The Bertz CT molecular complexity index is 826. The maximum atomic E-state index is 11.2. The van der Waals surface area contributed by atoms with Crippen LogP contribution >= 0.6 is 15.9 Å². The zero-order valence-corrected chi connectivity index (χ0v) is 12.1. The maximum Gasteiger partial charge on any atom is 0.354 e. The van der Waals surface area contributed by atoms with Crippen LogP contribution in [-0.4, -0.2) is 25.7 Å². The molecular formula is C14H10BrN3O2. The van der Waals surface area contributed by atoms with Gasteiger partial charge in [0.2, 0.25) is 0 Å². The van der Waals surface area contributed by atoms with Gasteiger partial charge in [0.05, 0.1) is 11.4 Å². The summed E-state index contributed by atoms with van der Waals surface area (Å²) in [6, 6.07) is 10.9. The maximum absolute atomic E-state index is 11.2. The second kappa shape index (κ2) is 4.72. The van der Waals surface area contributed by atoms with Gasteiger partial charge in [-0.25, -0.2) is 14.3 Å². The van der Waals surface area contributed by atoms with Crippen LogP contribution in [0.5, 0.6) is 0 Å². The molecule has 0 radical (unpaired) electrons. The van der Waals surface area contributed by atoms with Gasteiger partial charge in [0.25, 0.3) is 0 Å².